The predicted octanol–water partition coefficient (Wildman–Crippen LogP) is 1.39. The van der Waals surface area contributed by atoms with Crippen LogP contribution in [0.4, 0.5) is 19.1 Å². The fourth-order valence-corrected chi connectivity index (χ4v) is 3.40. The lowest BCUT2D eigenvalue weighted by molar-refractivity contribution is -0.141. The topological polar surface area (TPSA) is 79.2 Å². The number of alkyl halides is 3. The fourth-order valence-electron chi connectivity index (χ4n) is 3.40. The van der Waals surface area contributed by atoms with Crippen LogP contribution in [0.3, 0.4) is 0 Å². The summed E-state index contributed by atoms with van der Waals surface area (Å²) in [5.41, 5.74) is -0.427. The third-order valence-corrected chi connectivity index (χ3v) is 5.28. The molecule has 2 aromatic heterocycles. The Kier molecular flexibility index (Phi) is 5.15. The lowest BCUT2D eigenvalue weighted by Gasteiger charge is -2.38. The number of aromatic nitrogens is 4. The first-order chi connectivity index (χ1) is 13.8. The molecule has 1 N–H and O–H groups in total. The van der Waals surface area contributed by atoms with E-state index in [2.05, 4.69) is 20.4 Å². The molecule has 0 radical (unpaired) electrons. The molecule has 2 aliphatic heterocycles. The van der Waals surface area contributed by atoms with Crippen LogP contribution in [0.15, 0.2) is 18.5 Å². The molecule has 2 fully saturated rings. The first-order valence-electron chi connectivity index (χ1n) is 9.55. The second-order valence-corrected chi connectivity index (χ2v) is 7.32. The van der Waals surface area contributed by atoms with Gasteiger partial charge < -0.3 is 15.1 Å². The zero-order valence-corrected chi connectivity index (χ0v) is 16.0. The van der Waals surface area contributed by atoms with Crippen LogP contribution in [0.5, 0.6) is 0 Å². The van der Waals surface area contributed by atoms with Crippen molar-refractivity contribution < 1.29 is 18.0 Å². The lowest BCUT2D eigenvalue weighted by atomic mass is 10.1. The SMILES string of the molecule is C[C@H]1CCN1c1nc(-c2cnn(CC(=O)N3CCNCC3)c2)cc(C(F)(F)F)n1. The highest BCUT2D eigenvalue weighted by molar-refractivity contribution is 5.76. The molecule has 0 aromatic carbocycles. The van der Waals surface area contributed by atoms with Crippen LogP contribution in [-0.2, 0) is 17.5 Å². The Morgan fingerprint density at radius 2 is 2.00 bits per heavy atom. The molecule has 2 aliphatic rings. The van der Waals surface area contributed by atoms with E-state index in [0.29, 0.717) is 25.2 Å². The van der Waals surface area contributed by atoms with E-state index in [1.54, 1.807) is 16.0 Å². The van der Waals surface area contributed by atoms with E-state index in [0.717, 1.165) is 25.6 Å². The van der Waals surface area contributed by atoms with Crippen molar-refractivity contribution in [2.45, 2.75) is 32.1 Å². The smallest absolute Gasteiger partial charge is 0.339 e. The molecule has 4 heterocycles. The largest absolute Gasteiger partial charge is 0.433 e. The molecular weight excluding hydrogens is 387 g/mol. The minimum atomic E-state index is -4.57. The molecule has 2 saturated heterocycles. The Labute approximate surface area is 165 Å². The summed E-state index contributed by atoms with van der Waals surface area (Å²) in [6.45, 7) is 5.33. The Balaban J connectivity index is 1.57. The summed E-state index contributed by atoms with van der Waals surface area (Å²) < 4.78 is 41.5. The Morgan fingerprint density at radius 3 is 2.62 bits per heavy atom. The van der Waals surface area contributed by atoms with Gasteiger partial charge >= 0.3 is 6.18 Å². The van der Waals surface area contributed by atoms with E-state index in [4.69, 9.17) is 0 Å². The van der Waals surface area contributed by atoms with Crippen molar-refractivity contribution in [2.75, 3.05) is 37.6 Å². The van der Waals surface area contributed by atoms with Crippen molar-refractivity contribution in [3.05, 3.63) is 24.2 Å². The van der Waals surface area contributed by atoms with Gasteiger partial charge in [-0.1, -0.05) is 0 Å². The number of carbonyl (C=O) groups is 1. The van der Waals surface area contributed by atoms with E-state index in [9.17, 15) is 18.0 Å². The number of rotatable bonds is 4. The molecule has 1 amide bonds. The highest BCUT2D eigenvalue weighted by atomic mass is 19.4. The van der Waals surface area contributed by atoms with E-state index in [-0.39, 0.29) is 30.1 Å². The summed E-state index contributed by atoms with van der Waals surface area (Å²) in [6.07, 6.45) is -0.710. The van der Waals surface area contributed by atoms with E-state index in [1.807, 2.05) is 6.92 Å². The number of nitrogens with one attached hydrogen (secondary N) is 1. The molecule has 2 aromatic rings. The van der Waals surface area contributed by atoms with Crippen LogP contribution in [0.1, 0.15) is 19.0 Å². The molecule has 1 atom stereocenters. The zero-order chi connectivity index (χ0) is 20.6. The molecule has 0 spiro atoms. The van der Waals surface area contributed by atoms with Crippen molar-refractivity contribution >= 4 is 11.9 Å². The van der Waals surface area contributed by atoms with E-state index >= 15 is 0 Å². The van der Waals surface area contributed by atoms with Gasteiger partial charge in [-0.2, -0.15) is 18.3 Å². The van der Waals surface area contributed by atoms with Crippen molar-refractivity contribution in [3.63, 3.8) is 0 Å². The summed E-state index contributed by atoms with van der Waals surface area (Å²) in [4.78, 5) is 23.9. The summed E-state index contributed by atoms with van der Waals surface area (Å²) in [7, 11) is 0. The third kappa shape index (κ3) is 4.19. The Bertz CT molecular complexity index is 892. The number of nitrogens with zero attached hydrogens (tertiary/aromatic N) is 6. The molecule has 156 valence electrons. The predicted molar refractivity (Wildman–Crippen MR) is 99.1 cm³/mol. The minimum absolute atomic E-state index is 0.0349. The van der Waals surface area contributed by atoms with Gasteiger partial charge in [0, 0.05) is 50.5 Å². The van der Waals surface area contributed by atoms with Gasteiger partial charge in [-0.05, 0) is 19.4 Å². The van der Waals surface area contributed by atoms with Crippen molar-refractivity contribution in [3.8, 4) is 11.3 Å². The summed E-state index contributed by atoms with van der Waals surface area (Å²) in [6, 6.07) is 1.03. The zero-order valence-electron chi connectivity index (χ0n) is 16.0. The average molecular weight is 409 g/mol. The van der Waals surface area contributed by atoms with Gasteiger partial charge in [0.15, 0.2) is 5.69 Å². The maximum absolute atomic E-state index is 13.3. The summed E-state index contributed by atoms with van der Waals surface area (Å²) in [5, 5.41) is 7.32. The second-order valence-electron chi connectivity index (χ2n) is 7.32. The van der Waals surface area contributed by atoms with Crippen molar-refractivity contribution in [2.24, 2.45) is 0 Å². The minimum Gasteiger partial charge on any atom is -0.339 e. The number of hydrogen-bond donors (Lipinski definition) is 1. The normalized spacial score (nSPS) is 19.9. The van der Waals surface area contributed by atoms with Gasteiger partial charge in [-0.3, -0.25) is 9.48 Å². The first kappa shape index (κ1) is 19.6. The third-order valence-electron chi connectivity index (χ3n) is 5.28. The molecule has 0 aliphatic carbocycles. The average Bonchev–Trinajstić information content (AvgIpc) is 3.15. The first-order valence-corrected chi connectivity index (χ1v) is 9.55. The highest BCUT2D eigenvalue weighted by Crippen LogP contribution is 2.33. The molecule has 11 heteroatoms. The number of hydrogen-bond acceptors (Lipinski definition) is 6. The van der Waals surface area contributed by atoms with Crippen LogP contribution in [0.2, 0.25) is 0 Å². The Hall–Kier alpha value is -2.69. The van der Waals surface area contributed by atoms with Gasteiger partial charge in [-0.25, -0.2) is 9.97 Å². The second kappa shape index (κ2) is 7.62. The molecule has 29 heavy (non-hydrogen) atoms. The standard InChI is InChI=1S/C18H22F3N7O/c1-12-2-5-28(12)17-24-14(8-15(25-17)18(19,20)21)13-9-23-27(10-13)11-16(29)26-6-3-22-4-7-26/h8-10,12,22H,2-7,11H2,1H3/t12-/m0/s1. The van der Waals surface area contributed by atoms with Gasteiger partial charge in [0.1, 0.15) is 6.54 Å². The molecule has 0 saturated carbocycles. The number of anilines is 1. The fraction of sp³-hybridized carbons (Fsp3) is 0.556. The monoisotopic (exact) mass is 409 g/mol. The maximum atomic E-state index is 13.3. The molecule has 8 nitrogen and oxygen atoms in total. The van der Waals surface area contributed by atoms with Crippen molar-refractivity contribution in [1.29, 1.82) is 0 Å². The molecule has 0 unspecified atom stereocenters. The van der Waals surface area contributed by atoms with Gasteiger partial charge in [0.25, 0.3) is 0 Å². The molecule has 4 rings (SSSR count). The van der Waals surface area contributed by atoms with E-state index in [1.165, 1.54) is 10.9 Å². The quantitative estimate of drug-likeness (QED) is 0.822. The summed E-state index contributed by atoms with van der Waals surface area (Å²) in [5.74, 6) is -0.00636. The number of carbonyl (C=O) groups excluding carboxylic acids is 1. The van der Waals surface area contributed by atoms with E-state index < -0.39 is 11.9 Å². The van der Waals surface area contributed by atoms with Crippen LogP contribution in [0, 0.1) is 0 Å². The number of amides is 1. The number of piperazine rings is 1. The molecular formula is C18H22F3N7O. The van der Waals surface area contributed by atoms with Crippen LogP contribution in [-0.4, -0.2) is 69.3 Å². The summed E-state index contributed by atoms with van der Waals surface area (Å²) >= 11 is 0. The van der Waals surface area contributed by atoms with Crippen molar-refractivity contribution in [1.82, 2.24) is 30.0 Å². The highest BCUT2D eigenvalue weighted by Gasteiger charge is 2.36. The van der Waals surface area contributed by atoms with Crippen LogP contribution in [0.25, 0.3) is 11.3 Å². The van der Waals surface area contributed by atoms with Gasteiger partial charge in [0.2, 0.25) is 11.9 Å². The van der Waals surface area contributed by atoms with Gasteiger partial charge in [-0.15, -0.1) is 0 Å². The Morgan fingerprint density at radius 1 is 1.24 bits per heavy atom. The van der Waals surface area contributed by atoms with Crippen LogP contribution >= 0.6 is 0 Å². The maximum Gasteiger partial charge on any atom is 0.433 e. The van der Waals surface area contributed by atoms with Gasteiger partial charge in [0.05, 0.1) is 11.9 Å². The number of halogens is 3. The van der Waals surface area contributed by atoms with Crippen LogP contribution < -0.4 is 10.2 Å². The molecule has 0 bridgehead atoms. The lowest BCUT2D eigenvalue weighted by Crippen LogP contribution is -2.47.